The van der Waals surface area contributed by atoms with Gasteiger partial charge >= 0.3 is 0 Å². The van der Waals surface area contributed by atoms with Crippen LogP contribution >= 0.6 is 11.6 Å². The fourth-order valence-corrected chi connectivity index (χ4v) is 5.30. The van der Waals surface area contributed by atoms with Gasteiger partial charge in [0, 0.05) is 39.5 Å². The van der Waals surface area contributed by atoms with Crippen molar-refractivity contribution in [1.82, 2.24) is 0 Å². The molecule has 0 saturated carbocycles. The minimum atomic E-state index is -0.168. The van der Waals surface area contributed by atoms with Crippen molar-refractivity contribution in [2.45, 2.75) is 38.5 Å². The molecule has 0 bridgehead atoms. The minimum absolute atomic E-state index is 0.168. The van der Waals surface area contributed by atoms with Crippen molar-refractivity contribution in [3.05, 3.63) is 94.7 Å². The molecule has 0 amide bonds. The zero-order valence-electron chi connectivity index (χ0n) is 20.3. The first-order chi connectivity index (χ1) is 16.2. The lowest BCUT2D eigenvalue weighted by atomic mass is 9.81. The van der Waals surface area contributed by atoms with E-state index in [4.69, 9.17) is 24.4 Å². The first kappa shape index (κ1) is 23.7. The van der Waals surface area contributed by atoms with Crippen LogP contribution in [0.1, 0.15) is 38.8 Å². The quantitative estimate of drug-likeness (QED) is 0.271. The van der Waals surface area contributed by atoms with Gasteiger partial charge in [-0.1, -0.05) is 67.8 Å². The number of rotatable bonds is 5. The number of halogens is 1. The molecule has 0 atom stereocenters. The molecule has 2 aromatic carbocycles. The molecule has 2 nitrogen and oxygen atoms in total. The van der Waals surface area contributed by atoms with Crippen LogP contribution < -0.4 is 4.90 Å². The number of terminal acetylenes is 2. The molecule has 2 aliphatic heterocycles. The molecule has 0 N–H and O–H groups in total. The highest BCUT2D eigenvalue weighted by molar-refractivity contribution is 6.31. The van der Waals surface area contributed by atoms with E-state index in [0.717, 1.165) is 22.8 Å². The average Bonchev–Trinajstić information content (AvgIpc) is 3.16. The summed E-state index contributed by atoms with van der Waals surface area (Å²) in [5.74, 6) is 5.59. The Kier molecular flexibility index (Phi) is 6.31. The van der Waals surface area contributed by atoms with Gasteiger partial charge in [0.05, 0.1) is 12.0 Å². The highest BCUT2D eigenvalue weighted by atomic mass is 35.5. The Morgan fingerprint density at radius 2 is 1.65 bits per heavy atom. The predicted molar refractivity (Wildman–Crippen MR) is 145 cm³/mol. The fraction of sp³-hybridized carbons (Fsp3) is 0.258. The molecular formula is C31H30ClN2+. The maximum atomic E-state index is 6.69. The topological polar surface area (TPSA) is 6.25 Å². The normalized spacial score (nSPS) is 19.3. The van der Waals surface area contributed by atoms with Crippen LogP contribution in [0.5, 0.6) is 0 Å². The van der Waals surface area contributed by atoms with Gasteiger partial charge in [-0.2, -0.15) is 4.58 Å². The summed E-state index contributed by atoms with van der Waals surface area (Å²) in [6.07, 6.45) is 19.5. The van der Waals surface area contributed by atoms with Gasteiger partial charge in [-0.25, -0.2) is 0 Å². The molecule has 0 unspecified atom stereocenters. The number of hydrogen-bond acceptors (Lipinski definition) is 1. The third kappa shape index (κ3) is 3.90. The van der Waals surface area contributed by atoms with Gasteiger partial charge in [0.2, 0.25) is 12.2 Å². The maximum Gasteiger partial charge on any atom is 0.210 e. The van der Waals surface area contributed by atoms with Crippen molar-refractivity contribution in [1.29, 1.82) is 0 Å². The zero-order chi connectivity index (χ0) is 24.5. The van der Waals surface area contributed by atoms with Crippen molar-refractivity contribution in [3.63, 3.8) is 0 Å². The molecule has 0 spiro atoms. The number of allylic oxidation sites excluding steroid dienone is 6. The summed E-state index contributed by atoms with van der Waals surface area (Å²) in [6, 6.07) is 16.8. The molecule has 2 aromatic rings. The van der Waals surface area contributed by atoms with E-state index in [1.165, 1.54) is 11.1 Å². The Bertz CT molecular complexity index is 1340. The predicted octanol–water partition coefficient (Wildman–Crippen LogP) is 6.69. The van der Waals surface area contributed by atoms with E-state index in [2.05, 4.69) is 97.6 Å². The summed E-state index contributed by atoms with van der Waals surface area (Å²) >= 11 is 6.69. The maximum absolute atomic E-state index is 6.69. The molecule has 170 valence electrons. The van der Waals surface area contributed by atoms with Gasteiger partial charge < -0.3 is 4.90 Å². The van der Waals surface area contributed by atoms with E-state index in [1.54, 1.807) is 0 Å². The van der Waals surface area contributed by atoms with Gasteiger partial charge in [0.15, 0.2) is 5.71 Å². The van der Waals surface area contributed by atoms with E-state index >= 15 is 0 Å². The van der Waals surface area contributed by atoms with E-state index in [1.807, 2.05) is 24.3 Å². The largest absolute Gasteiger partial charge is 0.332 e. The van der Waals surface area contributed by atoms with Crippen molar-refractivity contribution in [2.24, 2.45) is 0 Å². The second kappa shape index (κ2) is 9.06. The van der Waals surface area contributed by atoms with Gasteiger partial charge in [0.25, 0.3) is 0 Å². The van der Waals surface area contributed by atoms with E-state index in [0.29, 0.717) is 18.1 Å². The smallest absolute Gasteiger partial charge is 0.210 e. The minimum Gasteiger partial charge on any atom is -0.332 e. The van der Waals surface area contributed by atoms with Crippen molar-refractivity contribution < 1.29 is 4.58 Å². The Morgan fingerprint density at radius 3 is 2.35 bits per heavy atom. The molecule has 3 heteroatoms. The lowest BCUT2D eigenvalue weighted by Gasteiger charge is -2.25. The Hall–Kier alpha value is -3.46. The van der Waals surface area contributed by atoms with Crippen molar-refractivity contribution in [2.75, 3.05) is 18.0 Å². The number of para-hydroxylation sites is 2. The van der Waals surface area contributed by atoms with Crippen LogP contribution in [0.4, 0.5) is 11.4 Å². The summed E-state index contributed by atoms with van der Waals surface area (Å²) in [5.41, 5.74) is 6.77. The number of fused-ring (bicyclic) bond motifs is 2. The third-order valence-electron chi connectivity index (χ3n) is 6.90. The van der Waals surface area contributed by atoms with Crippen LogP contribution in [-0.4, -0.2) is 23.4 Å². The van der Waals surface area contributed by atoms with Crippen LogP contribution in [0, 0.1) is 24.7 Å². The molecule has 0 fully saturated rings. The molecule has 0 aliphatic carbocycles. The lowest BCUT2D eigenvalue weighted by Crippen LogP contribution is -2.27. The van der Waals surface area contributed by atoms with Gasteiger partial charge in [-0.3, -0.25) is 0 Å². The highest BCUT2D eigenvalue weighted by Gasteiger charge is 2.44. The zero-order valence-corrected chi connectivity index (χ0v) is 21.0. The second-order valence-electron chi connectivity index (χ2n) is 9.69. The van der Waals surface area contributed by atoms with Crippen LogP contribution in [0.25, 0.3) is 0 Å². The van der Waals surface area contributed by atoms with Gasteiger partial charge in [-0.05, 0) is 49.6 Å². The van der Waals surface area contributed by atoms with Crippen LogP contribution in [0.2, 0.25) is 0 Å². The van der Waals surface area contributed by atoms with E-state index in [-0.39, 0.29) is 10.8 Å². The average molecular weight is 466 g/mol. The van der Waals surface area contributed by atoms with Crippen LogP contribution in [-0.2, 0) is 10.8 Å². The summed E-state index contributed by atoms with van der Waals surface area (Å²) < 4.78 is 2.19. The molecule has 2 heterocycles. The van der Waals surface area contributed by atoms with E-state index < -0.39 is 0 Å². The summed E-state index contributed by atoms with van der Waals surface area (Å²) in [7, 11) is 0. The molecule has 34 heavy (non-hydrogen) atoms. The SMILES string of the molecule is C#CCN1C(=CC=C(Cl)C=CC2=[N+](CC#C)c3ccccc3C2(C)C)C(C)(C)c2ccccc21. The monoisotopic (exact) mass is 465 g/mol. The fourth-order valence-electron chi connectivity index (χ4n) is 5.18. The molecule has 2 aliphatic rings. The first-order valence-corrected chi connectivity index (χ1v) is 11.9. The Balaban J connectivity index is 1.69. The summed E-state index contributed by atoms with van der Waals surface area (Å²) in [5, 5.41) is 0.639. The number of benzene rings is 2. The molecule has 0 radical (unpaired) electrons. The Morgan fingerprint density at radius 1 is 0.971 bits per heavy atom. The number of nitrogens with zero attached hydrogens (tertiary/aromatic N) is 2. The molecular weight excluding hydrogens is 436 g/mol. The summed E-state index contributed by atoms with van der Waals surface area (Å²) in [6.45, 7) is 9.91. The molecule has 4 rings (SSSR count). The summed E-state index contributed by atoms with van der Waals surface area (Å²) in [4.78, 5) is 2.19. The highest BCUT2D eigenvalue weighted by Crippen LogP contribution is 2.47. The molecule has 0 aromatic heterocycles. The number of anilines is 1. The second-order valence-corrected chi connectivity index (χ2v) is 10.1. The van der Waals surface area contributed by atoms with Gasteiger partial charge in [-0.15, -0.1) is 12.8 Å². The molecule has 0 saturated heterocycles. The van der Waals surface area contributed by atoms with Crippen molar-refractivity contribution >= 4 is 28.7 Å². The number of hydrogen-bond donors (Lipinski definition) is 0. The van der Waals surface area contributed by atoms with Crippen LogP contribution in [0.3, 0.4) is 0 Å². The Labute approximate surface area is 209 Å². The first-order valence-electron chi connectivity index (χ1n) is 11.5. The van der Waals surface area contributed by atoms with Crippen molar-refractivity contribution in [3.8, 4) is 24.7 Å². The lowest BCUT2D eigenvalue weighted by molar-refractivity contribution is -0.422. The standard InChI is InChI=1S/C31H30ClN2/c1-7-21-33-26-15-11-9-13-24(26)30(3,4)28(33)19-17-23(32)18-20-29-31(5,6)25-14-10-12-16-27(25)34(29)22-8-2/h1-2,9-20H,21-22H2,3-6H3/q+1. The third-order valence-corrected chi connectivity index (χ3v) is 7.15. The van der Waals surface area contributed by atoms with Crippen LogP contribution in [0.15, 0.2) is 83.6 Å². The van der Waals surface area contributed by atoms with E-state index in [9.17, 15) is 0 Å². The van der Waals surface area contributed by atoms with Gasteiger partial charge in [0.1, 0.15) is 0 Å².